The Bertz CT molecular complexity index is 401. The van der Waals surface area contributed by atoms with Crippen LogP contribution < -0.4 is 0 Å². The molecular formula is C14H21ClN2O2. The Morgan fingerprint density at radius 3 is 3.16 bits per heavy atom. The summed E-state index contributed by atoms with van der Waals surface area (Å²) in [5.74, 6) is 0. The van der Waals surface area contributed by atoms with E-state index in [-0.39, 0.29) is 12.2 Å². The van der Waals surface area contributed by atoms with Crippen LogP contribution in [0, 0.1) is 0 Å². The van der Waals surface area contributed by atoms with E-state index in [0.29, 0.717) is 6.61 Å². The molecule has 0 N–H and O–H groups in total. The van der Waals surface area contributed by atoms with Gasteiger partial charge in [-0.1, -0.05) is 11.6 Å². The first-order chi connectivity index (χ1) is 9.13. The second kappa shape index (κ2) is 7.20. The molecule has 1 aliphatic heterocycles. The highest BCUT2D eigenvalue weighted by Gasteiger charge is 2.21. The molecule has 0 aromatic carbocycles. The van der Waals surface area contributed by atoms with E-state index in [0.717, 1.165) is 37.0 Å². The monoisotopic (exact) mass is 284 g/mol. The van der Waals surface area contributed by atoms with E-state index in [1.54, 1.807) is 12.3 Å². The van der Waals surface area contributed by atoms with E-state index in [1.165, 1.54) is 0 Å². The van der Waals surface area contributed by atoms with Crippen LogP contribution in [0.2, 0.25) is 5.02 Å². The highest BCUT2D eigenvalue weighted by molar-refractivity contribution is 6.30. The number of hydrogen-bond acceptors (Lipinski definition) is 4. The molecule has 0 radical (unpaired) electrons. The third-order valence-electron chi connectivity index (χ3n) is 3.00. The number of hydrogen-bond donors (Lipinski definition) is 0. The minimum atomic E-state index is 0.148. The Labute approximate surface area is 119 Å². The molecule has 0 bridgehead atoms. The molecule has 1 atom stereocenters. The molecule has 1 unspecified atom stereocenters. The summed E-state index contributed by atoms with van der Waals surface area (Å²) in [6.07, 6.45) is 2.14. The van der Waals surface area contributed by atoms with Gasteiger partial charge in [0.25, 0.3) is 0 Å². The average Bonchev–Trinajstić information content (AvgIpc) is 2.37. The highest BCUT2D eigenvalue weighted by Crippen LogP contribution is 2.13. The summed E-state index contributed by atoms with van der Waals surface area (Å²) in [6.45, 7) is 8.08. The number of morpholine rings is 1. The van der Waals surface area contributed by atoms with Gasteiger partial charge in [-0.05, 0) is 26.0 Å². The van der Waals surface area contributed by atoms with Gasteiger partial charge >= 0.3 is 0 Å². The lowest BCUT2D eigenvalue weighted by molar-refractivity contribution is -0.0816. The number of pyridine rings is 1. The Hall–Kier alpha value is -0.680. The molecule has 106 valence electrons. The first kappa shape index (κ1) is 14.7. The van der Waals surface area contributed by atoms with Crippen molar-refractivity contribution in [2.45, 2.75) is 32.6 Å². The van der Waals surface area contributed by atoms with E-state index in [9.17, 15) is 0 Å². The summed E-state index contributed by atoms with van der Waals surface area (Å²) in [5, 5.41) is 0.734. The molecule has 1 fully saturated rings. The Balaban J connectivity index is 1.83. The summed E-state index contributed by atoms with van der Waals surface area (Å²) in [7, 11) is 0. The Morgan fingerprint density at radius 1 is 1.58 bits per heavy atom. The lowest BCUT2D eigenvalue weighted by Crippen LogP contribution is -2.44. The standard InChI is InChI=1S/C14H21ClN2O2/c1-11(2)19-10-14-9-17(5-6-18-14)8-13-7-12(15)3-4-16-13/h3-4,7,11,14H,5-6,8-10H2,1-2H3. The van der Waals surface area contributed by atoms with Gasteiger partial charge in [0, 0.05) is 30.9 Å². The summed E-state index contributed by atoms with van der Waals surface area (Å²) in [6, 6.07) is 3.71. The smallest absolute Gasteiger partial charge is 0.0935 e. The average molecular weight is 285 g/mol. The summed E-state index contributed by atoms with van der Waals surface area (Å²) in [4.78, 5) is 6.66. The van der Waals surface area contributed by atoms with Crippen LogP contribution in [0.1, 0.15) is 19.5 Å². The van der Waals surface area contributed by atoms with Crippen LogP contribution in [0.4, 0.5) is 0 Å². The maximum Gasteiger partial charge on any atom is 0.0935 e. The molecule has 0 spiro atoms. The number of aromatic nitrogens is 1. The van der Waals surface area contributed by atoms with E-state index in [4.69, 9.17) is 21.1 Å². The van der Waals surface area contributed by atoms with Gasteiger partial charge < -0.3 is 9.47 Å². The van der Waals surface area contributed by atoms with Crippen molar-refractivity contribution in [1.29, 1.82) is 0 Å². The first-order valence-electron chi connectivity index (χ1n) is 6.69. The van der Waals surface area contributed by atoms with Crippen LogP contribution in [-0.4, -0.2) is 48.4 Å². The molecule has 2 heterocycles. The van der Waals surface area contributed by atoms with Gasteiger partial charge in [0.05, 0.1) is 31.1 Å². The molecular weight excluding hydrogens is 264 g/mol. The second-order valence-electron chi connectivity index (χ2n) is 5.08. The van der Waals surface area contributed by atoms with Crippen molar-refractivity contribution < 1.29 is 9.47 Å². The molecule has 2 rings (SSSR count). The minimum Gasteiger partial charge on any atom is -0.376 e. The Kier molecular flexibility index (Phi) is 5.58. The van der Waals surface area contributed by atoms with Crippen molar-refractivity contribution in [1.82, 2.24) is 9.88 Å². The number of nitrogens with zero attached hydrogens (tertiary/aromatic N) is 2. The van der Waals surface area contributed by atoms with Gasteiger partial charge in [0.2, 0.25) is 0 Å². The molecule has 1 saturated heterocycles. The molecule has 0 amide bonds. The maximum absolute atomic E-state index is 5.97. The van der Waals surface area contributed by atoms with E-state index < -0.39 is 0 Å². The van der Waals surface area contributed by atoms with Gasteiger partial charge in [-0.25, -0.2) is 0 Å². The van der Waals surface area contributed by atoms with Crippen LogP contribution in [0.15, 0.2) is 18.3 Å². The fourth-order valence-corrected chi connectivity index (χ4v) is 2.27. The fourth-order valence-electron chi connectivity index (χ4n) is 2.09. The zero-order valence-electron chi connectivity index (χ0n) is 11.5. The predicted octanol–water partition coefficient (Wildman–Crippen LogP) is 2.36. The van der Waals surface area contributed by atoms with Crippen molar-refractivity contribution in [3.05, 3.63) is 29.0 Å². The molecule has 1 aromatic heterocycles. The van der Waals surface area contributed by atoms with Gasteiger partial charge in [0.1, 0.15) is 0 Å². The molecule has 1 aromatic rings. The normalized spacial score (nSPS) is 20.9. The van der Waals surface area contributed by atoms with Crippen LogP contribution in [0.3, 0.4) is 0 Å². The SMILES string of the molecule is CC(C)OCC1CN(Cc2cc(Cl)ccn2)CCO1. The van der Waals surface area contributed by atoms with E-state index >= 15 is 0 Å². The third kappa shape index (κ3) is 5.07. The first-order valence-corrected chi connectivity index (χ1v) is 7.07. The quantitative estimate of drug-likeness (QED) is 0.831. The van der Waals surface area contributed by atoms with Gasteiger partial charge in [-0.15, -0.1) is 0 Å². The summed E-state index contributed by atoms with van der Waals surface area (Å²) < 4.78 is 11.3. The highest BCUT2D eigenvalue weighted by atomic mass is 35.5. The van der Waals surface area contributed by atoms with Crippen molar-refractivity contribution in [2.24, 2.45) is 0 Å². The van der Waals surface area contributed by atoms with Crippen LogP contribution in [0.5, 0.6) is 0 Å². The Morgan fingerprint density at radius 2 is 2.42 bits per heavy atom. The van der Waals surface area contributed by atoms with Crippen LogP contribution in [-0.2, 0) is 16.0 Å². The van der Waals surface area contributed by atoms with Crippen molar-refractivity contribution >= 4 is 11.6 Å². The lowest BCUT2D eigenvalue weighted by Gasteiger charge is -2.32. The van der Waals surface area contributed by atoms with Crippen LogP contribution in [0.25, 0.3) is 0 Å². The largest absolute Gasteiger partial charge is 0.376 e. The maximum atomic E-state index is 5.97. The van der Waals surface area contributed by atoms with Crippen molar-refractivity contribution in [3.8, 4) is 0 Å². The zero-order valence-corrected chi connectivity index (χ0v) is 12.3. The minimum absolute atomic E-state index is 0.148. The van der Waals surface area contributed by atoms with Gasteiger partial charge in [0.15, 0.2) is 0 Å². The summed E-state index contributed by atoms with van der Waals surface area (Å²) in [5.41, 5.74) is 0.998. The predicted molar refractivity (Wildman–Crippen MR) is 75.4 cm³/mol. The summed E-state index contributed by atoms with van der Waals surface area (Å²) >= 11 is 5.97. The lowest BCUT2D eigenvalue weighted by atomic mass is 10.2. The van der Waals surface area contributed by atoms with Crippen LogP contribution >= 0.6 is 11.6 Å². The number of ether oxygens (including phenoxy) is 2. The number of halogens is 1. The molecule has 0 aliphatic carbocycles. The second-order valence-corrected chi connectivity index (χ2v) is 5.51. The molecule has 0 saturated carbocycles. The molecule has 1 aliphatic rings. The van der Waals surface area contributed by atoms with Crippen molar-refractivity contribution in [3.63, 3.8) is 0 Å². The van der Waals surface area contributed by atoms with Gasteiger partial charge in [-0.3, -0.25) is 9.88 Å². The molecule has 19 heavy (non-hydrogen) atoms. The van der Waals surface area contributed by atoms with E-state index in [2.05, 4.69) is 9.88 Å². The topological polar surface area (TPSA) is 34.6 Å². The third-order valence-corrected chi connectivity index (χ3v) is 3.24. The van der Waals surface area contributed by atoms with Crippen molar-refractivity contribution in [2.75, 3.05) is 26.3 Å². The number of rotatable bonds is 5. The van der Waals surface area contributed by atoms with E-state index in [1.807, 2.05) is 19.9 Å². The van der Waals surface area contributed by atoms with Gasteiger partial charge in [-0.2, -0.15) is 0 Å². The molecule has 4 nitrogen and oxygen atoms in total. The zero-order chi connectivity index (χ0) is 13.7. The molecule has 5 heteroatoms. The fraction of sp³-hybridized carbons (Fsp3) is 0.643.